The fourth-order valence-electron chi connectivity index (χ4n) is 2.33. The van der Waals surface area contributed by atoms with E-state index >= 15 is 0 Å². The molecule has 0 N–H and O–H groups in total. The molecule has 4 heteroatoms. The van der Waals surface area contributed by atoms with Gasteiger partial charge < -0.3 is 9.15 Å². The lowest BCUT2D eigenvalue weighted by atomic mass is 9.99. The molecule has 0 fully saturated rings. The van der Waals surface area contributed by atoms with Crippen molar-refractivity contribution < 1.29 is 18.7 Å². The molecule has 1 heterocycles. The van der Waals surface area contributed by atoms with Crippen LogP contribution in [0.25, 0.3) is 0 Å². The molecule has 4 nitrogen and oxygen atoms in total. The Bertz CT molecular complexity index is 818. The highest BCUT2D eigenvalue weighted by atomic mass is 16.6. The van der Waals surface area contributed by atoms with E-state index in [4.69, 9.17) is 9.15 Å². The smallest absolute Gasteiger partial charge is 0.375 e. The van der Waals surface area contributed by atoms with Crippen molar-refractivity contribution in [1.29, 1.82) is 0 Å². The van der Waals surface area contributed by atoms with Crippen LogP contribution in [0.3, 0.4) is 0 Å². The fourth-order valence-corrected chi connectivity index (χ4v) is 2.33. The molecule has 1 unspecified atom stereocenters. The lowest BCUT2D eigenvalue weighted by molar-refractivity contribution is 0.0250. The quantitative estimate of drug-likeness (QED) is 0.517. The van der Waals surface area contributed by atoms with E-state index in [1.807, 2.05) is 25.1 Å². The van der Waals surface area contributed by atoms with Gasteiger partial charge in [0.1, 0.15) is 0 Å². The highest BCUT2D eigenvalue weighted by molar-refractivity contribution is 6.01. The van der Waals surface area contributed by atoms with Gasteiger partial charge in [-0.05, 0) is 19.1 Å². The second-order valence-electron chi connectivity index (χ2n) is 5.40. The van der Waals surface area contributed by atoms with Gasteiger partial charge in [0.25, 0.3) is 0 Å². The van der Waals surface area contributed by atoms with E-state index in [2.05, 4.69) is 0 Å². The number of furan rings is 1. The molecule has 1 aromatic heterocycles. The van der Waals surface area contributed by atoms with Crippen LogP contribution in [0.1, 0.15) is 38.1 Å². The van der Waals surface area contributed by atoms with Crippen LogP contribution in [0.2, 0.25) is 0 Å². The molecule has 0 aliphatic carbocycles. The number of esters is 1. The molecule has 0 saturated carbocycles. The van der Waals surface area contributed by atoms with Gasteiger partial charge in [0.15, 0.2) is 6.10 Å². The van der Waals surface area contributed by atoms with Gasteiger partial charge in [0, 0.05) is 11.1 Å². The van der Waals surface area contributed by atoms with Crippen molar-refractivity contribution in [1.82, 2.24) is 0 Å². The van der Waals surface area contributed by atoms with Gasteiger partial charge in [0.2, 0.25) is 11.5 Å². The third kappa shape index (κ3) is 3.43. The predicted molar refractivity (Wildman–Crippen MR) is 88.8 cm³/mol. The second kappa shape index (κ2) is 6.96. The highest BCUT2D eigenvalue weighted by Crippen LogP contribution is 2.24. The minimum absolute atomic E-state index is 0.0626. The summed E-state index contributed by atoms with van der Waals surface area (Å²) >= 11 is 0. The molecule has 0 aliphatic heterocycles. The summed E-state index contributed by atoms with van der Waals surface area (Å²) < 4.78 is 10.5. The number of hydrogen-bond acceptors (Lipinski definition) is 4. The van der Waals surface area contributed by atoms with E-state index < -0.39 is 12.1 Å². The van der Waals surface area contributed by atoms with Crippen LogP contribution in [0, 0.1) is 6.92 Å². The van der Waals surface area contributed by atoms with Crippen molar-refractivity contribution >= 4 is 11.8 Å². The lowest BCUT2D eigenvalue weighted by Crippen LogP contribution is -2.20. The van der Waals surface area contributed by atoms with Crippen LogP contribution < -0.4 is 0 Å². The molecule has 3 rings (SSSR count). The molecule has 120 valence electrons. The van der Waals surface area contributed by atoms with Crippen molar-refractivity contribution in [2.24, 2.45) is 0 Å². The molecular weight excluding hydrogens is 304 g/mol. The maximum Gasteiger partial charge on any atom is 0.375 e. The Morgan fingerprint density at radius 1 is 0.917 bits per heavy atom. The molecule has 0 saturated heterocycles. The fraction of sp³-hybridized carbons (Fsp3) is 0.100. The topological polar surface area (TPSA) is 56.5 Å². The number of benzene rings is 2. The zero-order chi connectivity index (χ0) is 16.9. The van der Waals surface area contributed by atoms with Crippen molar-refractivity contribution in [2.75, 3.05) is 0 Å². The molecule has 0 bridgehead atoms. The van der Waals surface area contributed by atoms with E-state index in [0.29, 0.717) is 11.1 Å². The Morgan fingerprint density at radius 2 is 1.62 bits per heavy atom. The van der Waals surface area contributed by atoms with Gasteiger partial charge in [-0.1, -0.05) is 60.2 Å². The number of aryl methyl sites for hydroxylation is 1. The van der Waals surface area contributed by atoms with Crippen LogP contribution in [0.4, 0.5) is 0 Å². The Morgan fingerprint density at radius 3 is 2.25 bits per heavy atom. The first-order chi connectivity index (χ1) is 11.6. The van der Waals surface area contributed by atoms with Gasteiger partial charge in [0.05, 0.1) is 6.26 Å². The first kappa shape index (κ1) is 15.7. The van der Waals surface area contributed by atoms with E-state index in [1.54, 1.807) is 42.5 Å². The number of carbonyl (C=O) groups is 2. The standard InChI is InChI=1S/C20H16O4/c1-14-9-11-15(12-10-14)18(21)19(16-6-3-2-4-7-16)24-20(22)17-8-5-13-23-17/h2-13,19H,1H3. The van der Waals surface area contributed by atoms with Crippen LogP contribution >= 0.6 is 0 Å². The van der Waals surface area contributed by atoms with Gasteiger partial charge in [-0.15, -0.1) is 0 Å². The first-order valence-corrected chi connectivity index (χ1v) is 7.55. The molecule has 1 atom stereocenters. The number of ether oxygens (including phenoxy) is 1. The molecule has 3 aromatic rings. The highest BCUT2D eigenvalue weighted by Gasteiger charge is 2.27. The normalized spacial score (nSPS) is 11.7. The zero-order valence-corrected chi connectivity index (χ0v) is 13.1. The Hall–Kier alpha value is -3.14. The largest absolute Gasteiger partial charge is 0.457 e. The summed E-state index contributed by atoms with van der Waals surface area (Å²) in [4.78, 5) is 25.1. The monoisotopic (exact) mass is 320 g/mol. The first-order valence-electron chi connectivity index (χ1n) is 7.55. The summed E-state index contributed by atoms with van der Waals surface area (Å²) in [6.45, 7) is 1.94. The summed E-state index contributed by atoms with van der Waals surface area (Å²) in [5, 5.41) is 0. The third-order valence-corrected chi connectivity index (χ3v) is 3.62. The maximum atomic E-state index is 12.9. The van der Waals surface area contributed by atoms with E-state index in [0.717, 1.165) is 5.56 Å². The summed E-state index contributed by atoms with van der Waals surface area (Å²) in [6.07, 6.45) is 0.363. The Balaban J connectivity index is 1.91. The van der Waals surface area contributed by atoms with Crippen LogP contribution in [-0.2, 0) is 4.74 Å². The Labute approximate surface area is 139 Å². The molecule has 2 aromatic carbocycles. The van der Waals surface area contributed by atoms with E-state index in [1.165, 1.54) is 12.3 Å². The zero-order valence-electron chi connectivity index (χ0n) is 13.1. The lowest BCUT2D eigenvalue weighted by Gasteiger charge is -2.17. The third-order valence-electron chi connectivity index (χ3n) is 3.62. The average molecular weight is 320 g/mol. The number of Topliss-reactive ketones (excluding diaryl/α,β-unsaturated/α-hetero) is 1. The second-order valence-corrected chi connectivity index (χ2v) is 5.40. The molecule has 0 spiro atoms. The number of hydrogen-bond donors (Lipinski definition) is 0. The van der Waals surface area contributed by atoms with Crippen molar-refractivity contribution in [3.8, 4) is 0 Å². The minimum atomic E-state index is -1.02. The molecule has 0 aliphatic rings. The maximum absolute atomic E-state index is 12.9. The number of ketones is 1. The molecule has 24 heavy (non-hydrogen) atoms. The Kier molecular flexibility index (Phi) is 4.57. The van der Waals surface area contributed by atoms with Crippen molar-refractivity contribution in [2.45, 2.75) is 13.0 Å². The SMILES string of the molecule is Cc1ccc(C(=O)C(OC(=O)c2ccco2)c2ccccc2)cc1. The average Bonchev–Trinajstić information content (AvgIpc) is 3.15. The molecule has 0 radical (unpaired) electrons. The minimum Gasteiger partial charge on any atom is -0.457 e. The van der Waals surface area contributed by atoms with Gasteiger partial charge in [-0.2, -0.15) is 0 Å². The van der Waals surface area contributed by atoms with Gasteiger partial charge in [-0.25, -0.2) is 4.79 Å². The van der Waals surface area contributed by atoms with E-state index in [-0.39, 0.29) is 11.5 Å². The molecule has 0 amide bonds. The van der Waals surface area contributed by atoms with Crippen molar-refractivity contribution in [3.63, 3.8) is 0 Å². The van der Waals surface area contributed by atoms with E-state index in [9.17, 15) is 9.59 Å². The summed E-state index contributed by atoms with van der Waals surface area (Å²) in [7, 11) is 0. The van der Waals surface area contributed by atoms with Crippen LogP contribution in [0.15, 0.2) is 77.4 Å². The number of rotatable bonds is 5. The predicted octanol–water partition coefficient (Wildman–Crippen LogP) is 4.37. The summed E-state index contributed by atoms with van der Waals surface area (Å²) in [6, 6.07) is 19.2. The molecular formula is C20H16O4. The van der Waals surface area contributed by atoms with Crippen LogP contribution in [-0.4, -0.2) is 11.8 Å². The summed E-state index contributed by atoms with van der Waals surface area (Å²) in [5.74, 6) is -0.886. The summed E-state index contributed by atoms with van der Waals surface area (Å²) in [5.41, 5.74) is 2.15. The number of carbonyl (C=O) groups excluding carboxylic acids is 2. The van der Waals surface area contributed by atoms with Gasteiger partial charge >= 0.3 is 5.97 Å². The van der Waals surface area contributed by atoms with Gasteiger partial charge in [-0.3, -0.25) is 4.79 Å². The van der Waals surface area contributed by atoms with Crippen molar-refractivity contribution in [3.05, 3.63) is 95.4 Å². The van der Waals surface area contributed by atoms with Crippen LogP contribution in [0.5, 0.6) is 0 Å².